The van der Waals surface area contributed by atoms with Crippen LogP contribution in [0.15, 0.2) is 42.6 Å². The molecule has 0 saturated heterocycles. The van der Waals surface area contributed by atoms with Gasteiger partial charge >= 0.3 is 6.09 Å². The monoisotopic (exact) mass is 364 g/mol. The highest BCUT2D eigenvalue weighted by Crippen LogP contribution is 2.24. The zero-order chi connectivity index (χ0) is 19.0. The summed E-state index contributed by atoms with van der Waals surface area (Å²) < 4.78 is 5.18. The van der Waals surface area contributed by atoms with Crippen LogP contribution in [0.4, 0.5) is 10.5 Å². The van der Waals surface area contributed by atoms with E-state index in [9.17, 15) is 9.90 Å². The molecule has 6 heteroatoms. The van der Waals surface area contributed by atoms with Crippen LogP contribution in [0, 0.1) is 0 Å². The number of pyridine rings is 1. The van der Waals surface area contributed by atoms with Gasteiger partial charge in [-0.05, 0) is 56.2 Å². The molecule has 1 aromatic heterocycles. The Hall–Kier alpha value is -2.11. The first kappa shape index (κ1) is 20.9. The van der Waals surface area contributed by atoms with Crippen molar-refractivity contribution in [3.63, 3.8) is 0 Å². The van der Waals surface area contributed by atoms with Gasteiger partial charge in [0.2, 0.25) is 0 Å². The van der Waals surface area contributed by atoms with Gasteiger partial charge < -0.3 is 9.84 Å². The lowest BCUT2D eigenvalue weighted by Gasteiger charge is -2.19. The maximum atomic E-state index is 11.7. The minimum Gasteiger partial charge on any atom is -0.444 e. The number of ether oxygens (including phenoxy) is 1. The van der Waals surface area contributed by atoms with Crippen molar-refractivity contribution >= 4 is 23.4 Å². The Labute approximate surface area is 154 Å². The number of nitrogens with zero attached hydrogens (tertiary/aromatic N) is 1. The van der Waals surface area contributed by atoms with E-state index in [0.29, 0.717) is 22.0 Å². The maximum Gasteiger partial charge on any atom is 0.412 e. The van der Waals surface area contributed by atoms with Crippen LogP contribution in [0.1, 0.15) is 51.8 Å². The highest BCUT2D eigenvalue weighted by molar-refractivity contribution is 6.29. The molecule has 1 amide bonds. The SMILES string of the molecule is CC.CC(C)(C)OC(=O)Nc1ccc(C(O)c2ccnc(Cl)c2)cc1. The fourth-order valence-electron chi connectivity index (χ4n) is 1.95. The number of rotatable bonds is 3. The van der Waals surface area contributed by atoms with E-state index in [1.54, 1.807) is 63.4 Å². The normalized spacial score (nSPS) is 11.8. The molecule has 1 heterocycles. The average molecular weight is 365 g/mol. The summed E-state index contributed by atoms with van der Waals surface area (Å²) in [5, 5.41) is 13.3. The first-order chi connectivity index (χ1) is 11.7. The molecule has 0 radical (unpaired) electrons. The summed E-state index contributed by atoms with van der Waals surface area (Å²) in [4.78, 5) is 15.6. The van der Waals surface area contributed by atoms with Gasteiger partial charge in [-0.3, -0.25) is 5.32 Å². The molecular formula is C19H25ClN2O3. The van der Waals surface area contributed by atoms with E-state index in [2.05, 4.69) is 10.3 Å². The lowest BCUT2D eigenvalue weighted by Crippen LogP contribution is -2.27. The summed E-state index contributed by atoms with van der Waals surface area (Å²) in [6, 6.07) is 10.2. The summed E-state index contributed by atoms with van der Waals surface area (Å²) in [5.74, 6) is 0. The Morgan fingerprint density at radius 3 is 2.28 bits per heavy atom. The van der Waals surface area contributed by atoms with Gasteiger partial charge in [0.15, 0.2) is 0 Å². The van der Waals surface area contributed by atoms with Crippen molar-refractivity contribution in [2.75, 3.05) is 5.32 Å². The molecule has 2 rings (SSSR count). The zero-order valence-electron chi connectivity index (χ0n) is 15.2. The van der Waals surface area contributed by atoms with Crippen LogP contribution in [-0.4, -0.2) is 21.8 Å². The second kappa shape index (κ2) is 9.39. The predicted octanol–water partition coefficient (Wildman–Crippen LogP) is 5.19. The third kappa shape index (κ3) is 7.11. The molecular weight excluding hydrogens is 340 g/mol. The van der Waals surface area contributed by atoms with E-state index in [1.165, 1.54) is 0 Å². The van der Waals surface area contributed by atoms with Crippen LogP contribution in [0.5, 0.6) is 0 Å². The third-order valence-electron chi connectivity index (χ3n) is 2.94. The van der Waals surface area contributed by atoms with Gasteiger partial charge in [0.25, 0.3) is 0 Å². The Morgan fingerprint density at radius 1 is 1.16 bits per heavy atom. The van der Waals surface area contributed by atoms with Gasteiger partial charge in [0, 0.05) is 11.9 Å². The lowest BCUT2D eigenvalue weighted by atomic mass is 10.0. The number of aliphatic hydroxyl groups excluding tert-OH is 1. The maximum absolute atomic E-state index is 11.7. The van der Waals surface area contributed by atoms with E-state index in [-0.39, 0.29) is 0 Å². The largest absolute Gasteiger partial charge is 0.444 e. The molecule has 5 nitrogen and oxygen atoms in total. The number of aliphatic hydroxyl groups is 1. The molecule has 0 fully saturated rings. The van der Waals surface area contributed by atoms with E-state index >= 15 is 0 Å². The van der Waals surface area contributed by atoms with Gasteiger partial charge in [0.1, 0.15) is 16.9 Å². The van der Waals surface area contributed by atoms with Crippen LogP contribution >= 0.6 is 11.6 Å². The molecule has 136 valence electrons. The van der Waals surface area contributed by atoms with E-state index in [1.807, 2.05) is 13.8 Å². The van der Waals surface area contributed by atoms with Crippen LogP contribution in [0.25, 0.3) is 0 Å². The Morgan fingerprint density at radius 2 is 1.76 bits per heavy atom. The van der Waals surface area contributed by atoms with Crippen molar-refractivity contribution < 1.29 is 14.6 Å². The molecule has 0 saturated carbocycles. The number of nitrogens with one attached hydrogen (secondary N) is 1. The molecule has 2 aromatic rings. The highest BCUT2D eigenvalue weighted by Gasteiger charge is 2.16. The van der Waals surface area contributed by atoms with Gasteiger partial charge in [0.05, 0.1) is 0 Å². The predicted molar refractivity (Wildman–Crippen MR) is 101 cm³/mol. The topological polar surface area (TPSA) is 71.5 Å². The first-order valence-electron chi connectivity index (χ1n) is 8.14. The van der Waals surface area contributed by atoms with Crippen molar-refractivity contribution in [2.45, 2.75) is 46.3 Å². The molecule has 0 aliphatic carbocycles. The van der Waals surface area contributed by atoms with Crippen LogP contribution in [-0.2, 0) is 4.74 Å². The molecule has 0 aliphatic heterocycles. The minimum absolute atomic E-state index is 0.324. The number of carbonyl (C=O) groups is 1. The highest BCUT2D eigenvalue weighted by atomic mass is 35.5. The number of aromatic nitrogens is 1. The first-order valence-corrected chi connectivity index (χ1v) is 8.52. The summed E-state index contributed by atoms with van der Waals surface area (Å²) in [6.07, 6.45) is 0.206. The van der Waals surface area contributed by atoms with Gasteiger partial charge in [-0.1, -0.05) is 37.6 Å². The minimum atomic E-state index is -0.814. The van der Waals surface area contributed by atoms with Gasteiger partial charge in [-0.2, -0.15) is 0 Å². The summed E-state index contributed by atoms with van der Waals surface area (Å²) in [5.41, 5.74) is 1.36. The third-order valence-corrected chi connectivity index (χ3v) is 3.14. The van der Waals surface area contributed by atoms with Crippen molar-refractivity contribution in [3.8, 4) is 0 Å². The Bertz CT molecular complexity index is 682. The fraction of sp³-hybridized carbons (Fsp3) is 0.368. The number of anilines is 1. The van der Waals surface area contributed by atoms with E-state index < -0.39 is 17.8 Å². The fourth-order valence-corrected chi connectivity index (χ4v) is 2.13. The molecule has 1 aromatic carbocycles. The van der Waals surface area contributed by atoms with E-state index in [4.69, 9.17) is 16.3 Å². The van der Waals surface area contributed by atoms with Gasteiger partial charge in [-0.25, -0.2) is 9.78 Å². The van der Waals surface area contributed by atoms with Crippen LogP contribution in [0.2, 0.25) is 5.15 Å². The summed E-state index contributed by atoms with van der Waals surface area (Å²) in [7, 11) is 0. The molecule has 0 spiro atoms. The molecule has 1 atom stereocenters. The number of amides is 1. The summed E-state index contributed by atoms with van der Waals surface area (Å²) >= 11 is 5.83. The van der Waals surface area contributed by atoms with Crippen LogP contribution < -0.4 is 5.32 Å². The number of hydrogen-bond acceptors (Lipinski definition) is 4. The molecule has 0 aliphatic rings. The van der Waals surface area contributed by atoms with Gasteiger partial charge in [-0.15, -0.1) is 0 Å². The second-order valence-electron chi connectivity index (χ2n) is 6.06. The van der Waals surface area contributed by atoms with Crippen molar-refractivity contribution in [1.82, 2.24) is 4.98 Å². The van der Waals surface area contributed by atoms with Crippen molar-refractivity contribution in [1.29, 1.82) is 0 Å². The Balaban J connectivity index is 0.00000151. The van der Waals surface area contributed by atoms with E-state index in [0.717, 1.165) is 0 Å². The van der Waals surface area contributed by atoms with Crippen molar-refractivity contribution in [2.24, 2.45) is 0 Å². The second-order valence-corrected chi connectivity index (χ2v) is 6.45. The molecule has 0 bridgehead atoms. The number of carbonyl (C=O) groups excluding carboxylic acids is 1. The zero-order valence-corrected chi connectivity index (χ0v) is 16.0. The lowest BCUT2D eigenvalue weighted by molar-refractivity contribution is 0.0636. The quantitative estimate of drug-likeness (QED) is 0.735. The standard InChI is InChI=1S/C17H19ClN2O3.C2H6/c1-17(2,3)23-16(22)20-13-6-4-11(5-7-13)15(21)12-8-9-19-14(18)10-12;1-2/h4-10,15,21H,1-3H3,(H,20,22);1-2H3. The Kier molecular flexibility index (Phi) is 7.87. The number of hydrogen-bond donors (Lipinski definition) is 2. The molecule has 1 unspecified atom stereocenters. The number of benzene rings is 1. The number of halogens is 1. The molecule has 2 N–H and O–H groups in total. The summed E-state index contributed by atoms with van der Waals surface area (Å²) in [6.45, 7) is 9.39. The van der Waals surface area contributed by atoms with Crippen molar-refractivity contribution in [3.05, 3.63) is 58.9 Å². The smallest absolute Gasteiger partial charge is 0.412 e. The average Bonchev–Trinajstić information content (AvgIpc) is 2.55. The molecule has 25 heavy (non-hydrogen) atoms. The van der Waals surface area contributed by atoms with Crippen LogP contribution in [0.3, 0.4) is 0 Å².